The van der Waals surface area contributed by atoms with Crippen LogP contribution in [0.3, 0.4) is 0 Å². The van der Waals surface area contributed by atoms with Crippen LogP contribution < -0.4 is 10.7 Å². The van der Waals surface area contributed by atoms with Crippen LogP contribution in [0.25, 0.3) is 0 Å². The molecule has 0 spiro atoms. The summed E-state index contributed by atoms with van der Waals surface area (Å²) in [5, 5.41) is 19.6. The Morgan fingerprint density at radius 2 is 1.59 bits per heavy atom. The molecule has 0 saturated heterocycles. The second kappa shape index (κ2) is 11.8. The zero-order chi connectivity index (χ0) is 24.6. The zero-order valence-electron chi connectivity index (χ0n) is 21.0. The molecule has 5 heteroatoms. The van der Waals surface area contributed by atoms with E-state index in [4.69, 9.17) is 12.2 Å². The van der Waals surface area contributed by atoms with Gasteiger partial charge in [-0.05, 0) is 84.4 Å². The van der Waals surface area contributed by atoms with E-state index in [1.165, 1.54) is 5.57 Å². The fourth-order valence-corrected chi connectivity index (χ4v) is 4.94. The third-order valence-electron chi connectivity index (χ3n) is 6.82. The molecule has 1 aliphatic rings. The van der Waals surface area contributed by atoms with Gasteiger partial charge in [0.25, 0.3) is 0 Å². The normalized spacial score (nSPS) is 17.8. The van der Waals surface area contributed by atoms with Crippen molar-refractivity contribution in [2.75, 3.05) is 0 Å². The highest BCUT2D eigenvalue weighted by Gasteiger charge is 2.32. The first-order chi connectivity index (χ1) is 16.2. The molecule has 2 atom stereocenters. The van der Waals surface area contributed by atoms with Crippen molar-refractivity contribution in [2.45, 2.75) is 77.4 Å². The average molecular weight is 478 g/mol. The fraction of sp³-hybridized carbons (Fsp3) is 0.448. The molecule has 3 rings (SSSR count). The molecule has 4 nitrogen and oxygen atoms in total. The summed E-state index contributed by atoms with van der Waals surface area (Å²) in [5.41, 5.74) is 6.56. The molecule has 0 fully saturated rings. The summed E-state index contributed by atoms with van der Waals surface area (Å²) in [4.78, 5) is 0. The Bertz CT molecular complexity index is 955. The van der Waals surface area contributed by atoms with E-state index in [1.54, 1.807) is 0 Å². The van der Waals surface area contributed by atoms with Gasteiger partial charge in [0.05, 0.1) is 11.3 Å². The quantitative estimate of drug-likeness (QED) is 0.170. The minimum atomic E-state index is -0.628. The van der Waals surface area contributed by atoms with E-state index in [-0.39, 0.29) is 5.54 Å². The predicted octanol–water partition coefficient (Wildman–Crippen LogP) is 6.35. The molecule has 182 valence electrons. The minimum absolute atomic E-state index is 0.210. The van der Waals surface area contributed by atoms with Gasteiger partial charge in [-0.15, -0.1) is 0 Å². The largest absolute Gasteiger partial charge is 0.390 e. The van der Waals surface area contributed by atoms with Gasteiger partial charge in [-0.3, -0.25) is 5.43 Å². The summed E-state index contributed by atoms with van der Waals surface area (Å²) in [6, 6.07) is 20.2. The van der Waals surface area contributed by atoms with Crippen molar-refractivity contribution in [1.82, 2.24) is 10.7 Å². The maximum absolute atomic E-state index is 11.1. The molecule has 0 aromatic heterocycles. The number of benzene rings is 2. The van der Waals surface area contributed by atoms with Gasteiger partial charge in [-0.2, -0.15) is 5.10 Å². The van der Waals surface area contributed by atoms with Crippen LogP contribution >= 0.6 is 12.2 Å². The van der Waals surface area contributed by atoms with Gasteiger partial charge in [0.1, 0.15) is 0 Å². The van der Waals surface area contributed by atoms with Crippen molar-refractivity contribution in [3.63, 3.8) is 0 Å². The molecule has 0 saturated carbocycles. The highest BCUT2D eigenvalue weighted by atomic mass is 32.1. The van der Waals surface area contributed by atoms with Crippen LogP contribution in [0.5, 0.6) is 0 Å². The second-order valence-corrected chi connectivity index (χ2v) is 10.8. The van der Waals surface area contributed by atoms with E-state index < -0.39 is 5.60 Å². The third kappa shape index (κ3) is 7.78. The topological polar surface area (TPSA) is 56.6 Å². The molecule has 0 unspecified atom stereocenters. The Balaban J connectivity index is 1.55. The number of hydrogen-bond donors (Lipinski definition) is 3. The van der Waals surface area contributed by atoms with E-state index >= 15 is 0 Å². The Morgan fingerprint density at radius 1 is 1.00 bits per heavy atom. The number of rotatable bonds is 9. The van der Waals surface area contributed by atoms with Gasteiger partial charge in [0.2, 0.25) is 0 Å². The number of hydrazone groups is 1. The van der Waals surface area contributed by atoms with E-state index in [9.17, 15) is 5.11 Å². The molecular weight excluding hydrogens is 438 g/mol. The summed E-state index contributed by atoms with van der Waals surface area (Å²) < 4.78 is 0. The number of hydrogen-bond acceptors (Lipinski definition) is 3. The summed E-state index contributed by atoms with van der Waals surface area (Å²) in [6.45, 7) is 8.47. The number of nitrogens with one attached hydrogen (secondary N) is 2. The highest BCUT2D eigenvalue weighted by Crippen LogP contribution is 2.35. The Labute approximate surface area is 210 Å². The molecule has 0 amide bonds. The van der Waals surface area contributed by atoms with Gasteiger partial charge in [-0.25, -0.2) is 0 Å². The number of thiocarbonyl (C=S) groups is 1. The van der Waals surface area contributed by atoms with Gasteiger partial charge in [0, 0.05) is 16.7 Å². The Kier molecular flexibility index (Phi) is 9.03. The third-order valence-corrected chi connectivity index (χ3v) is 7.01. The maximum Gasteiger partial charge on any atom is 0.187 e. The van der Waals surface area contributed by atoms with Crippen LogP contribution in [0.2, 0.25) is 0 Å². The lowest BCUT2D eigenvalue weighted by Crippen LogP contribution is -2.47. The molecule has 1 aliphatic carbocycles. The van der Waals surface area contributed by atoms with E-state index in [2.05, 4.69) is 42.7 Å². The molecule has 0 radical (unpaired) electrons. The first kappa shape index (κ1) is 26.1. The minimum Gasteiger partial charge on any atom is -0.390 e. The van der Waals surface area contributed by atoms with Crippen molar-refractivity contribution < 1.29 is 5.11 Å². The van der Waals surface area contributed by atoms with Crippen LogP contribution in [-0.4, -0.2) is 27.1 Å². The maximum atomic E-state index is 11.1. The molecule has 0 bridgehead atoms. The predicted molar refractivity (Wildman–Crippen MR) is 147 cm³/mol. The average Bonchev–Trinajstić information content (AvgIpc) is 2.80. The van der Waals surface area contributed by atoms with Crippen LogP contribution in [0.4, 0.5) is 0 Å². The smallest absolute Gasteiger partial charge is 0.187 e. The number of aliphatic hydroxyl groups is 1. The van der Waals surface area contributed by atoms with Gasteiger partial charge in [0.15, 0.2) is 5.11 Å². The second-order valence-electron chi connectivity index (χ2n) is 10.4. The van der Waals surface area contributed by atoms with Gasteiger partial charge < -0.3 is 10.4 Å². The van der Waals surface area contributed by atoms with Crippen LogP contribution in [-0.2, 0) is 0 Å². The van der Waals surface area contributed by atoms with Crippen LogP contribution in [0, 0.1) is 5.92 Å². The summed E-state index contributed by atoms with van der Waals surface area (Å²) in [7, 11) is 0. The summed E-state index contributed by atoms with van der Waals surface area (Å²) in [6.07, 6.45) is 8.07. The first-order valence-corrected chi connectivity index (χ1v) is 12.7. The summed E-state index contributed by atoms with van der Waals surface area (Å²) >= 11 is 5.57. The first-order valence-electron chi connectivity index (χ1n) is 12.3. The lowest BCUT2D eigenvalue weighted by Gasteiger charge is -2.36. The lowest BCUT2D eigenvalue weighted by atomic mass is 9.76. The molecule has 2 aromatic carbocycles. The van der Waals surface area contributed by atoms with E-state index in [0.29, 0.717) is 11.0 Å². The number of nitrogens with zero attached hydrogens (tertiary/aromatic N) is 1. The van der Waals surface area contributed by atoms with E-state index in [1.807, 2.05) is 67.6 Å². The highest BCUT2D eigenvalue weighted by molar-refractivity contribution is 7.80. The van der Waals surface area contributed by atoms with Crippen molar-refractivity contribution in [3.8, 4) is 0 Å². The van der Waals surface area contributed by atoms with Crippen LogP contribution in [0.15, 0.2) is 77.4 Å². The lowest BCUT2D eigenvalue weighted by molar-refractivity contribution is -0.0159. The van der Waals surface area contributed by atoms with Crippen LogP contribution in [0.1, 0.15) is 77.3 Å². The molecule has 34 heavy (non-hydrogen) atoms. The van der Waals surface area contributed by atoms with Gasteiger partial charge in [-0.1, -0.05) is 72.3 Å². The molecule has 0 aliphatic heterocycles. The van der Waals surface area contributed by atoms with Crippen molar-refractivity contribution in [2.24, 2.45) is 11.0 Å². The Hall–Kier alpha value is -2.50. The van der Waals surface area contributed by atoms with Gasteiger partial charge >= 0.3 is 0 Å². The monoisotopic (exact) mass is 477 g/mol. The zero-order valence-corrected chi connectivity index (χ0v) is 21.8. The standard InChI is InChI=1S/C29H39N3OS/c1-22-16-18-25(19-17-22)29(4,33)21-11-20-28(2,3)30-27(34)32-31-26(23-12-7-5-8-13-23)24-14-9-6-10-15-24/h5-10,12-16,25,33H,11,17-21H2,1-4H3,(H2,30,32,34)/t25-,29+/m1/s1. The number of allylic oxidation sites excluding steroid dienone is 2. The molecule has 0 heterocycles. The van der Waals surface area contributed by atoms with Crippen molar-refractivity contribution in [1.29, 1.82) is 0 Å². The molecule has 3 N–H and O–H groups in total. The Morgan fingerprint density at radius 3 is 2.12 bits per heavy atom. The summed E-state index contributed by atoms with van der Waals surface area (Å²) in [5.74, 6) is 0.346. The molecular formula is C29H39N3OS. The fourth-order valence-electron chi connectivity index (χ4n) is 4.61. The van der Waals surface area contributed by atoms with E-state index in [0.717, 1.165) is 55.4 Å². The molecule has 2 aromatic rings. The van der Waals surface area contributed by atoms with Crippen molar-refractivity contribution >= 4 is 23.0 Å². The SMILES string of the molecule is CC1=CC[C@@H]([C@@](C)(O)CCCC(C)(C)NC(=S)NN=C(c2ccccc2)c2ccccc2)CC1. The van der Waals surface area contributed by atoms with Crippen molar-refractivity contribution in [3.05, 3.63) is 83.4 Å².